The van der Waals surface area contributed by atoms with Crippen LogP contribution in [0.4, 0.5) is 14.5 Å². The zero-order valence-corrected chi connectivity index (χ0v) is 18.9. The molecule has 0 spiro atoms. The third-order valence-corrected chi connectivity index (χ3v) is 4.40. The quantitative estimate of drug-likeness (QED) is 0.229. The number of unbranched alkanes of at least 4 members (excludes halogenated alkanes) is 6. The fraction of sp³-hybridized carbons (Fsp3) is 0.458. The largest absolute Gasteiger partial charge is 0.788 e. The standard InChI is InChI=1S/C18H22BF2NO3.C6H13/c1-2-3-4-5-12-23-19(24-16-9-6-14(20)7-10-16)25-18-11-8-15(21)13-17(18)22;1-3-5-6-4-2/h6-11,13H,2-5,12,22H2,1H3;1,3-6H2,2H3/q;-1/p+1. The Morgan fingerprint density at radius 2 is 1.48 bits per heavy atom. The second-order valence-corrected chi connectivity index (χ2v) is 7.22. The van der Waals surface area contributed by atoms with Gasteiger partial charge in [-0.3, -0.25) is 0 Å². The third kappa shape index (κ3) is 12.4. The van der Waals surface area contributed by atoms with E-state index >= 15 is 0 Å². The number of hydrogen-bond donors (Lipinski definition) is 1. The van der Waals surface area contributed by atoms with E-state index in [0.29, 0.717) is 23.8 Å². The molecule has 172 valence electrons. The van der Waals surface area contributed by atoms with Gasteiger partial charge in [-0.25, -0.2) is 8.78 Å². The minimum atomic E-state index is -1.03. The Morgan fingerprint density at radius 1 is 0.839 bits per heavy atom. The van der Waals surface area contributed by atoms with Crippen molar-refractivity contribution in [3.63, 3.8) is 0 Å². The highest BCUT2D eigenvalue weighted by atomic mass is 19.1. The number of rotatable bonds is 13. The van der Waals surface area contributed by atoms with Crippen LogP contribution < -0.4 is 15.0 Å². The fourth-order valence-electron chi connectivity index (χ4n) is 2.62. The van der Waals surface area contributed by atoms with Crippen molar-refractivity contribution in [2.24, 2.45) is 0 Å². The minimum Gasteiger partial charge on any atom is -0.501 e. The molecule has 2 rings (SSSR count). The summed E-state index contributed by atoms with van der Waals surface area (Å²) in [4.78, 5) is 0. The lowest BCUT2D eigenvalue weighted by molar-refractivity contribution is -0.256. The first-order valence-corrected chi connectivity index (χ1v) is 11.1. The van der Waals surface area contributed by atoms with Gasteiger partial charge in [0.15, 0.2) is 11.4 Å². The van der Waals surface area contributed by atoms with Crippen molar-refractivity contribution in [3.05, 3.63) is 61.0 Å². The molecule has 0 unspecified atom stereocenters. The van der Waals surface area contributed by atoms with E-state index in [1.807, 2.05) is 0 Å². The van der Waals surface area contributed by atoms with Gasteiger partial charge in [0.25, 0.3) is 0 Å². The molecule has 4 nitrogen and oxygen atoms in total. The van der Waals surface area contributed by atoms with Crippen molar-refractivity contribution in [1.29, 1.82) is 0 Å². The van der Waals surface area contributed by atoms with Crippen LogP contribution in [0.1, 0.15) is 65.2 Å². The van der Waals surface area contributed by atoms with Crippen LogP contribution in [0.15, 0.2) is 42.5 Å². The SMILES string of the molecule is CCCCCCOB(Oc1ccc(F)cc1)Oc1ccc(F)cc1[NH3+].[CH2-]CCCCC. The second-order valence-electron chi connectivity index (χ2n) is 7.22. The van der Waals surface area contributed by atoms with Gasteiger partial charge in [-0.2, -0.15) is 6.42 Å². The molecule has 0 saturated carbocycles. The van der Waals surface area contributed by atoms with Gasteiger partial charge in [0, 0.05) is 12.7 Å². The van der Waals surface area contributed by atoms with E-state index in [4.69, 9.17) is 14.0 Å². The van der Waals surface area contributed by atoms with Crippen LogP contribution in [0.3, 0.4) is 0 Å². The lowest BCUT2D eigenvalue weighted by atomic mass is 10.1. The summed E-state index contributed by atoms with van der Waals surface area (Å²) in [5.41, 5.74) is 4.14. The van der Waals surface area contributed by atoms with E-state index in [-0.39, 0.29) is 5.82 Å². The summed E-state index contributed by atoms with van der Waals surface area (Å²) in [6.07, 6.45) is 9.27. The highest BCUT2D eigenvalue weighted by molar-refractivity contribution is 6.38. The van der Waals surface area contributed by atoms with Crippen molar-refractivity contribution in [3.8, 4) is 11.5 Å². The van der Waals surface area contributed by atoms with Crippen LogP contribution in [0.5, 0.6) is 11.5 Å². The Bertz CT molecular complexity index is 712. The Kier molecular flexibility index (Phi) is 14.4. The average molecular weight is 435 g/mol. The Hall–Kier alpha value is -2.12. The summed E-state index contributed by atoms with van der Waals surface area (Å²) in [7, 11) is -1.03. The summed E-state index contributed by atoms with van der Waals surface area (Å²) < 4.78 is 43.2. The number of benzene rings is 2. The molecule has 0 aliphatic rings. The monoisotopic (exact) mass is 435 g/mol. The molecule has 0 bridgehead atoms. The van der Waals surface area contributed by atoms with Gasteiger partial charge in [0.05, 0.1) is 0 Å². The second kappa shape index (κ2) is 16.6. The molecule has 0 amide bonds. The Morgan fingerprint density at radius 3 is 2.06 bits per heavy atom. The molecule has 0 heterocycles. The predicted molar refractivity (Wildman–Crippen MR) is 122 cm³/mol. The maximum Gasteiger partial charge on any atom is 0.788 e. The molecule has 0 aliphatic carbocycles. The highest BCUT2D eigenvalue weighted by Gasteiger charge is 2.28. The van der Waals surface area contributed by atoms with Gasteiger partial charge in [-0.15, -0.1) is 0 Å². The van der Waals surface area contributed by atoms with Crippen LogP contribution in [-0.2, 0) is 4.65 Å². The van der Waals surface area contributed by atoms with Crippen molar-refractivity contribution in [2.45, 2.75) is 65.2 Å². The summed E-state index contributed by atoms with van der Waals surface area (Å²) in [6.45, 7) is 8.52. The van der Waals surface area contributed by atoms with Gasteiger partial charge >= 0.3 is 7.32 Å². The summed E-state index contributed by atoms with van der Waals surface area (Å²) in [6, 6.07) is 9.57. The third-order valence-electron chi connectivity index (χ3n) is 4.40. The molecule has 0 fully saturated rings. The van der Waals surface area contributed by atoms with Crippen molar-refractivity contribution in [2.75, 3.05) is 6.61 Å². The molecule has 0 saturated heterocycles. The zero-order valence-electron chi connectivity index (χ0n) is 18.9. The summed E-state index contributed by atoms with van der Waals surface area (Å²) in [5, 5.41) is 0. The molecule has 7 heteroatoms. The molecule has 0 atom stereocenters. The molecule has 2 aromatic carbocycles. The van der Waals surface area contributed by atoms with E-state index in [9.17, 15) is 8.78 Å². The summed E-state index contributed by atoms with van der Waals surface area (Å²) >= 11 is 0. The molecule has 0 aromatic heterocycles. The topological polar surface area (TPSA) is 55.3 Å². The predicted octanol–water partition coefficient (Wildman–Crippen LogP) is 6.28. The number of quaternary nitrogens is 1. The van der Waals surface area contributed by atoms with E-state index in [1.165, 1.54) is 61.7 Å². The molecule has 0 radical (unpaired) electrons. The highest BCUT2D eigenvalue weighted by Crippen LogP contribution is 2.22. The van der Waals surface area contributed by atoms with Crippen molar-refractivity contribution in [1.82, 2.24) is 0 Å². The first kappa shape index (κ1) is 26.9. The molecule has 0 aliphatic heterocycles. The molecular formula is C24H36BF2NO3. The lowest BCUT2D eigenvalue weighted by Gasteiger charge is -2.16. The van der Waals surface area contributed by atoms with Crippen LogP contribution in [-0.4, -0.2) is 13.9 Å². The first-order chi connectivity index (χ1) is 15.0. The Labute approximate surface area is 186 Å². The van der Waals surface area contributed by atoms with Gasteiger partial charge in [0.2, 0.25) is 0 Å². The summed E-state index contributed by atoms with van der Waals surface area (Å²) in [5.74, 6) is 0.0208. The zero-order chi connectivity index (χ0) is 22.9. The van der Waals surface area contributed by atoms with Gasteiger partial charge in [-0.1, -0.05) is 52.4 Å². The van der Waals surface area contributed by atoms with Crippen LogP contribution >= 0.6 is 0 Å². The van der Waals surface area contributed by atoms with E-state index in [1.54, 1.807) is 0 Å². The van der Waals surface area contributed by atoms with Crippen molar-refractivity contribution >= 4 is 13.0 Å². The Balaban J connectivity index is 0.000000703. The maximum absolute atomic E-state index is 13.2. The minimum absolute atomic E-state index is 0.358. The van der Waals surface area contributed by atoms with E-state index < -0.39 is 13.1 Å². The van der Waals surface area contributed by atoms with E-state index in [0.717, 1.165) is 32.1 Å². The van der Waals surface area contributed by atoms with E-state index in [2.05, 4.69) is 26.5 Å². The molecule has 2 aromatic rings. The molecule has 3 N–H and O–H groups in total. The van der Waals surface area contributed by atoms with Gasteiger partial charge in [0.1, 0.15) is 17.4 Å². The van der Waals surface area contributed by atoms with Crippen LogP contribution in [0.25, 0.3) is 0 Å². The van der Waals surface area contributed by atoms with Crippen LogP contribution in [0.2, 0.25) is 0 Å². The molecule has 31 heavy (non-hydrogen) atoms. The molecular weight excluding hydrogens is 399 g/mol. The van der Waals surface area contributed by atoms with Gasteiger partial charge < -0.3 is 26.6 Å². The number of hydrogen-bond acceptors (Lipinski definition) is 3. The smallest absolute Gasteiger partial charge is 0.501 e. The first-order valence-electron chi connectivity index (χ1n) is 11.1. The lowest BCUT2D eigenvalue weighted by Crippen LogP contribution is -2.42. The number of halogens is 2. The fourth-order valence-corrected chi connectivity index (χ4v) is 2.62. The normalized spacial score (nSPS) is 10.3. The van der Waals surface area contributed by atoms with Crippen molar-refractivity contribution < 1.29 is 28.5 Å². The average Bonchev–Trinajstić information content (AvgIpc) is 2.76. The van der Waals surface area contributed by atoms with Crippen LogP contribution in [0, 0.1) is 18.6 Å². The maximum atomic E-state index is 13.2. The van der Waals surface area contributed by atoms with Gasteiger partial charge in [-0.05, 0) is 42.8 Å².